The van der Waals surface area contributed by atoms with E-state index in [2.05, 4.69) is 12.2 Å². The second kappa shape index (κ2) is 3.27. The summed E-state index contributed by atoms with van der Waals surface area (Å²) in [6, 6.07) is 3.62. The molecule has 2 nitrogen and oxygen atoms in total. The van der Waals surface area contributed by atoms with Crippen molar-refractivity contribution in [3.05, 3.63) is 35.4 Å². The van der Waals surface area contributed by atoms with Gasteiger partial charge in [0, 0.05) is 16.5 Å². The Morgan fingerprint density at radius 1 is 1.31 bits per heavy atom. The first kappa shape index (κ1) is 9.76. The van der Waals surface area contributed by atoms with Crippen LogP contribution in [0.1, 0.15) is 30.4 Å². The van der Waals surface area contributed by atoms with Gasteiger partial charge < -0.3 is 9.84 Å². The molecule has 84 valence electrons. The number of phenolic OH excluding ortho intramolecular Hbond substituents is 1. The van der Waals surface area contributed by atoms with Crippen molar-refractivity contribution in [2.45, 2.75) is 31.1 Å². The molecule has 2 aliphatic rings. The van der Waals surface area contributed by atoms with E-state index in [1.165, 1.54) is 12.0 Å². The second-order valence-electron chi connectivity index (χ2n) is 4.76. The van der Waals surface area contributed by atoms with Gasteiger partial charge in [0.15, 0.2) is 0 Å². The van der Waals surface area contributed by atoms with E-state index in [9.17, 15) is 5.11 Å². The van der Waals surface area contributed by atoms with Gasteiger partial charge in [-0.25, -0.2) is 0 Å². The van der Waals surface area contributed by atoms with E-state index < -0.39 is 0 Å². The maximum absolute atomic E-state index is 10.1. The van der Waals surface area contributed by atoms with Crippen molar-refractivity contribution in [1.29, 1.82) is 0 Å². The third-order valence-corrected chi connectivity index (χ3v) is 3.97. The zero-order chi connectivity index (χ0) is 11.2. The van der Waals surface area contributed by atoms with E-state index in [1.54, 1.807) is 13.2 Å². The summed E-state index contributed by atoms with van der Waals surface area (Å²) < 4.78 is 5.38. The molecule has 2 aliphatic carbocycles. The molecule has 0 heterocycles. The fraction of sp³-hybridized carbons (Fsp3) is 0.429. The molecule has 1 saturated carbocycles. The lowest BCUT2D eigenvalue weighted by molar-refractivity contribution is 0.293. The number of fused-ring (bicyclic) bond motifs is 2. The number of allylic oxidation sites excluding steroid dienone is 2. The molecule has 0 saturated heterocycles. The first-order chi connectivity index (χ1) is 7.77. The number of hydrogen-bond acceptors (Lipinski definition) is 2. The molecule has 0 atom stereocenters. The minimum Gasteiger partial charge on any atom is -0.508 e. The maximum Gasteiger partial charge on any atom is 0.122 e. The molecule has 0 aromatic heterocycles. The van der Waals surface area contributed by atoms with Crippen LogP contribution in [0.5, 0.6) is 11.5 Å². The summed E-state index contributed by atoms with van der Waals surface area (Å²) >= 11 is 0. The molecule has 1 aromatic carbocycles. The van der Waals surface area contributed by atoms with E-state index in [1.807, 2.05) is 6.07 Å². The van der Waals surface area contributed by atoms with Crippen LogP contribution in [0.15, 0.2) is 24.3 Å². The molecule has 0 amide bonds. The Bertz CT molecular complexity index is 456. The lowest BCUT2D eigenvalue weighted by Gasteiger charge is -2.43. The van der Waals surface area contributed by atoms with Gasteiger partial charge >= 0.3 is 0 Å². The molecule has 0 bridgehead atoms. The number of ether oxygens (including phenoxy) is 1. The van der Waals surface area contributed by atoms with Gasteiger partial charge in [-0.05, 0) is 31.4 Å². The van der Waals surface area contributed by atoms with Crippen LogP contribution in [-0.4, -0.2) is 12.2 Å². The number of benzene rings is 1. The van der Waals surface area contributed by atoms with E-state index in [4.69, 9.17) is 4.74 Å². The highest BCUT2D eigenvalue weighted by atomic mass is 16.5. The molecular formula is C14H16O2. The van der Waals surface area contributed by atoms with Crippen LogP contribution in [0.3, 0.4) is 0 Å². The van der Waals surface area contributed by atoms with Crippen molar-refractivity contribution >= 4 is 0 Å². The van der Waals surface area contributed by atoms with Crippen molar-refractivity contribution < 1.29 is 9.84 Å². The molecule has 16 heavy (non-hydrogen) atoms. The van der Waals surface area contributed by atoms with Crippen LogP contribution in [0.2, 0.25) is 0 Å². The SMILES string of the molecule is COc1ccc(O)c2c1CC=CC21CCC1. The first-order valence-electron chi connectivity index (χ1n) is 5.84. The molecule has 0 radical (unpaired) electrons. The second-order valence-corrected chi connectivity index (χ2v) is 4.76. The summed E-state index contributed by atoms with van der Waals surface area (Å²) in [5, 5.41) is 10.1. The minimum absolute atomic E-state index is 0.103. The summed E-state index contributed by atoms with van der Waals surface area (Å²) in [4.78, 5) is 0. The molecule has 1 aromatic rings. The van der Waals surface area contributed by atoms with Crippen LogP contribution in [0.4, 0.5) is 0 Å². The monoisotopic (exact) mass is 216 g/mol. The summed E-state index contributed by atoms with van der Waals surface area (Å²) in [5.74, 6) is 1.34. The molecule has 1 spiro atoms. The fourth-order valence-corrected chi connectivity index (χ4v) is 3.03. The Morgan fingerprint density at radius 2 is 2.12 bits per heavy atom. The maximum atomic E-state index is 10.1. The van der Waals surface area contributed by atoms with Crippen molar-refractivity contribution in [2.75, 3.05) is 7.11 Å². The average molecular weight is 216 g/mol. The van der Waals surface area contributed by atoms with Gasteiger partial charge in [-0.15, -0.1) is 0 Å². The Labute approximate surface area is 95.6 Å². The van der Waals surface area contributed by atoms with Crippen molar-refractivity contribution in [2.24, 2.45) is 0 Å². The Balaban J connectivity index is 2.22. The summed E-state index contributed by atoms with van der Waals surface area (Å²) in [6.07, 6.45) is 8.91. The van der Waals surface area contributed by atoms with Crippen LogP contribution >= 0.6 is 0 Å². The minimum atomic E-state index is 0.103. The van der Waals surface area contributed by atoms with Crippen LogP contribution in [-0.2, 0) is 11.8 Å². The number of phenols is 1. The first-order valence-corrected chi connectivity index (χ1v) is 5.84. The van der Waals surface area contributed by atoms with Gasteiger partial charge in [0.1, 0.15) is 11.5 Å². The van der Waals surface area contributed by atoms with Crippen LogP contribution in [0.25, 0.3) is 0 Å². The van der Waals surface area contributed by atoms with E-state index in [-0.39, 0.29) is 5.41 Å². The molecule has 1 fully saturated rings. The van der Waals surface area contributed by atoms with Gasteiger partial charge in [-0.2, -0.15) is 0 Å². The largest absolute Gasteiger partial charge is 0.508 e. The topological polar surface area (TPSA) is 29.5 Å². The molecule has 2 heteroatoms. The smallest absolute Gasteiger partial charge is 0.122 e. The zero-order valence-electron chi connectivity index (χ0n) is 9.49. The molecule has 0 aliphatic heterocycles. The molecule has 0 unspecified atom stereocenters. The quantitative estimate of drug-likeness (QED) is 0.731. The number of aromatic hydroxyl groups is 1. The summed E-state index contributed by atoms with van der Waals surface area (Å²) in [6.45, 7) is 0. The van der Waals surface area contributed by atoms with Gasteiger partial charge in [0.05, 0.1) is 7.11 Å². The highest BCUT2D eigenvalue weighted by molar-refractivity contribution is 5.57. The number of methoxy groups -OCH3 is 1. The van der Waals surface area contributed by atoms with Crippen molar-refractivity contribution in [1.82, 2.24) is 0 Å². The highest BCUT2D eigenvalue weighted by Gasteiger charge is 2.41. The number of rotatable bonds is 1. The predicted octanol–water partition coefficient (Wildman–Crippen LogP) is 2.93. The Morgan fingerprint density at radius 3 is 2.75 bits per heavy atom. The molecule has 1 N–H and O–H groups in total. The third-order valence-electron chi connectivity index (χ3n) is 3.97. The van der Waals surface area contributed by atoms with E-state index in [0.717, 1.165) is 30.6 Å². The van der Waals surface area contributed by atoms with Crippen molar-refractivity contribution in [3.8, 4) is 11.5 Å². The Hall–Kier alpha value is -1.44. The third kappa shape index (κ3) is 1.13. The molecule has 3 rings (SSSR count). The number of hydrogen-bond donors (Lipinski definition) is 1. The molecular weight excluding hydrogens is 200 g/mol. The standard InChI is InChI=1S/C14H16O2/c1-16-12-6-5-11(15)13-10(12)4-2-7-14(13)8-3-9-14/h2,5-7,15H,3-4,8-9H2,1H3. The lowest BCUT2D eigenvalue weighted by Crippen LogP contribution is -2.34. The van der Waals surface area contributed by atoms with Gasteiger partial charge in [0.25, 0.3) is 0 Å². The van der Waals surface area contributed by atoms with E-state index >= 15 is 0 Å². The van der Waals surface area contributed by atoms with Gasteiger partial charge in [-0.3, -0.25) is 0 Å². The average Bonchev–Trinajstić information content (AvgIpc) is 2.27. The Kier molecular flexibility index (Phi) is 2.00. The van der Waals surface area contributed by atoms with E-state index in [0.29, 0.717) is 5.75 Å². The highest BCUT2D eigenvalue weighted by Crippen LogP contribution is 2.52. The van der Waals surface area contributed by atoms with Gasteiger partial charge in [-0.1, -0.05) is 18.6 Å². The fourth-order valence-electron chi connectivity index (χ4n) is 3.03. The summed E-state index contributed by atoms with van der Waals surface area (Å²) in [7, 11) is 1.69. The van der Waals surface area contributed by atoms with Crippen LogP contribution in [0, 0.1) is 0 Å². The normalized spacial score (nSPS) is 20.3. The van der Waals surface area contributed by atoms with Crippen molar-refractivity contribution in [3.63, 3.8) is 0 Å². The van der Waals surface area contributed by atoms with Gasteiger partial charge in [0.2, 0.25) is 0 Å². The predicted molar refractivity (Wildman–Crippen MR) is 63.0 cm³/mol. The zero-order valence-corrected chi connectivity index (χ0v) is 9.49. The van der Waals surface area contributed by atoms with Crippen LogP contribution < -0.4 is 4.74 Å². The summed E-state index contributed by atoms with van der Waals surface area (Å²) in [5.41, 5.74) is 2.39. The lowest BCUT2D eigenvalue weighted by atomic mass is 9.61.